The summed E-state index contributed by atoms with van der Waals surface area (Å²) in [5, 5.41) is 38.5. The van der Waals surface area contributed by atoms with Gasteiger partial charge < -0.3 is 62.3 Å². The molecule has 0 aliphatic rings. The van der Waals surface area contributed by atoms with Crippen molar-refractivity contribution in [3.63, 3.8) is 0 Å². The Morgan fingerprint density at radius 1 is 0.283 bits per heavy atom. The number of ether oxygens (including phenoxy) is 4. The van der Waals surface area contributed by atoms with Crippen LogP contribution in [0.25, 0.3) is 22.3 Å². The van der Waals surface area contributed by atoms with Crippen LogP contribution in [0.4, 0.5) is 22.7 Å². The number of nitrogen functional groups attached to an aromatic ring is 4. The van der Waals surface area contributed by atoms with Crippen LogP contribution in [0.1, 0.15) is 0 Å². The van der Waals surface area contributed by atoms with Crippen molar-refractivity contribution in [2.24, 2.45) is 0 Å². The van der Waals surface area contributed by atoms with Gasteiger partial charge in [-0.3, -0.25) is 0 Å². The zero-order valence-electron chi connectivity index (χ0n) is 31.9. The highest BCUT2D eigenvalue weighted by atomic mass is 16.5. The van der Waals surface area contributed by atoms with Crippen LogP contribution in [-0.4, -0.2) is 20.4 Å². The molecule has 0 heterocycles. The van der Waals surface area contributed by atoms with Crippen molar-refractivity contribution < 1.29 is 39.4 Å². The molecule has 0 bridgehead atoms. The summed E-state index contributed by atoms with van der Waals surface area (Å²) in [5.41, 5.74) is 27.6. The van der Waals surface area contributed by atoms with Crippen LogP contribution in [0, 0.1) is 0 Å². The van der Waals surface area contributed by atoms with Gasteiger partial charge >= 0.3 is 0 Å². The third-order valence-electron chi connectivity index (χ3n) is 9.03. The van der Waals surface area contributed by atoms with Crippen molar-refractivity contribution in [1.82, 2.24) is 0 Å². The molecule has 12 heteroatoms. The summed E-state index contributed by atoms with van der Waals surface area (Å²) >= 11 is 0. The summed E-state index contributed by atoms with van der Waals surface area (Å²) in [6.45, 7) is 0. The Morgan fingerprint density at radius 2 is 0.633 bits per heavy atom. The minimum atomic E-state index is -0.0133. The highest BCUT2D eigenvalue weighted by Crippen LogP contribution is 2.37. The molecule has 300 valence electrons. The van der Waals surface area contributed by atoms with E-state index in [0.717, 1.165) is 22.3 Å². The van der Waals surface area contributed by atoms with Gasteiger partial charge in [-0.2, -0.15) is 0 Å². The number of anilines is 4. The number of benzene rings is 8. The lowest BCUT2D eigenvalue weighted by Gasteiger charge is -2.13. The second-order valence-corrected chi connectivity index (χ2v) is 13.4. The molecule has 0 spiro atoms. The third kappa shape index (κ3) is 9.83. The summed E-state index contributed by atoms with van der Waals surface area (Å²) in [6, 6.07) is 49.3. The van der Waals surface area contributed by atoms with E-state index in [9.17, 15) is 20.4 Å². The smallest absolute Gasteiger partial charge is 0.142 e. The lowest BCUT2D eigenvalue weighted by atomic mass is 10.0. The van der Waals surface area contributed by atoms with E-state index in [1.54, 1.807) is 48.5 Å². The lowest BCUT2D eigenvalue weighted by Crippen LogP contribution is -1.91. The van der Waals surface area contributed by atoms with Crippen molar-refractivity contribution >= 4 is 22.7 Å². The van der Waals surface area contributed by atoms with Gasteiger partial charge in [0, 0.05) is 29.8 Å². The molecule has 0 amide bonds. The number of hydrogen-bond acceptors (Lipinski definition) is 12. The molecular weight excluding hydrogens is 761 g/mol. The number of phenols is 4. The molecule has 0 fully saturated rings. The Bertz CT molecular complexity index is 2650. The van der Waals surface area contributed by atoms with Crippen molar-refractivity contribution in [2.75, 3.05) is 22.9 Å². The van der Waals surface area contributed by atoms with E-state index in [1.165, 1.54) is 24.3 Å². The zero-order chi connectivity index (χ0) is 42.2. The molecule has 8 rings (SSSR count). The van der Waals surface area contributed by atoms with Crippen LogP contribution in [0.2, 0.25) is 0 Å². The van der Waals surface area contributed by atoms with Crippen LogP contribution in [0.5, 0.6) is 69.0 Å². The summed E-state index contributed by atoms with van der Waals surface area (Å²) in [7, 11) is 0. The standard InChI is InChI=1S/2C24H20N2O4/c25-21-11-9-19(13-23(21)27)29-17-5-1-15(2-6-17)16-3-7-18(8-4-16)30-20-10-12-22(26)24(28)14-20;25-20-13-17(9-11-22(20)27)29-16-7-5-15(6-8-16)19-3-1-2-4-24(19)30-18-10-12-23(28)21(26)14-18/h2*1-14,27-28H,25-26H2. The number of nitrogens with two attached hydrogens (primary N) is 4. The molecule has 0 atom stereocenters. The summed E-state index contributed by atoms with van der Waals surface area (Å²) in [5.74, 6) is 4.66. The largest absolute Gasteiger partial charge is 0.506 e. The second kappa shape index (κ2) is 17.7. The minimum absolute atomic E-state index is 0.0133. The van der Waals surface area contributed by atoms with Gasteiger partial charge in [0.05, 0.1) is 22.7 Å². The van der Waals surface area contributed by atoms with Gasteiger partial charge in [-0.15, -0.1) is 0 Å². The van der Waals surface area contributed by atoms with Gasteiger partial charge in [0.15, 0.2) is 0 Å². The maximum Gasteiger partial charge on any atom is 0.142 e. The number of para-hydroxylation sites is 1. The Morgan fingerprint density at radius 3 is 1.05 bits per heavy atom. The van der Waals surface area contributed by atoms with Gasteiger partial charge in [0.1, 0.15) is 69.0 Å². The Labute approximate surface area is 345 Å². The van der Waals surface area contributed by atoms with E-state index in [1.807, 2.05) is 97.1 Å². The molecule has 0 aliphatic carbocycles. The van der Waals surface area contributed by atoms with Gasteiger partial charge in [-0.1, -0.05) is 54.6 Å². The number of phenolic OH excluding ortho intramolecular Hbond substituents is 4. The van der Waals surface area contributed by atoms with E-state index in [2.05, 4.69) is 0 Å². The lowest BCUT2D eigenvalue weighted by molar-refractivity contribution is 0.456. The van der Waals surface area contributed by atoms with E-state index in [-0.39, 0.29) is 34.4 Å². The second-order valence-electron chi connectivity index (χ2n) is 13.4. The predicted molar refractivity (Wildman–Crippen MR) is 234 cm³/mol. The SMILES string of the molecule is Nc1cc(Oc2ccc(-c3ccccc3Oc3ccc(O)c(N)c3)cc2)ccc1O.Nc1ccc(Oc2ccc(-c3ccc(Oc4ccc(N)c(O)c4)cc3)cc2)cc1O. The summed E-state index contributed by atoms with van der Waals surface area (Å²) < 4.78 is 23.3. The van der Waals surface area contributed by atoms with E-state index in [4.69, 9.17) is 41.9 Å². The Kier molecular flexibility index (Phi) is 11.7. The monoisotopic (exact) mass is 800 g/mol. The zero-order valence-corrected chi connectivity index (χ0v) is 31.9. The van der Waals surface area contributed by atoms with Crippen LogP contribution in [0.3, 0.4) is 0 Å². The summed E-state index contributed by atoms with van der Waals surface area (Å²) in [6.07, 6.45) is 0. The van der Waals surface area contributed by atoms with Gasteiger partial charge in [-0.05, 0) is 108 Å². The molecular formula is C48H40N4O8. The van der Waals surface area contributed by atoms with E-state index in [0.29, 0.717) is 57.4 Å². The highest BCUT2D eigenvalue weighted by molar-refractivity contribution is 5.72. The number of aromatic hydroxyl groups is 4. The first-order valence-electron chi connectivity index (χ1n) is 18.4. The molecule has 0 radical (unpaired) electrons. The Balaban J connectivity index is 0.000000181. The fourth-order valence-corrected chi connectivity index (χ4v) is 5.83. The van der Waals surface area contributed by atoms with Crippen LogP contribution in [0.15, 0.2) is 170 Å². The average Bonchev–Trinajstić information content (AvgIpc) is 3.25. The molecule has 0 saturated heterocycles. The normalized spacial score (nSPS) is 10.5. The molecule has 0 saturated carbocycles. The molecule has 0 aromatic heterocycles. The van der Waals surface area contributed by atoms with Gasteiger partial charge in [0.25, 0.3) is 0 Å². The third-order valence-corrected chi connectivity index (χ3v) is 9.03. The van der Waals surface area contributed by atoms with Gasteiger partial charge in [-0.25, -0.2) is 0 Å². The van der Waals surface area contributed by atoms with Crippen molar-refractivity contribution in [3.05, 3.63) is 170 Å². The van der Waals surface area contributed by atoms with E-state index >= 15 is 0 Å². The molecule has 8 aromatic rings. The quantitative estimate of drug-likeness (QED) is 0.0478. The maximum absolute atomic E-state index is 9.68. The Hall–Kier alpha value is -8.64. The molecule has 12 nitrogen and oxygen atoms in total. The molecule has 12 N–H and O–H groups in total. The molecule has 8 aromatic carbocycles. The molecule has 0 unspecified atom stereocenters. The molecule has 60 heavy (non-hydrogen) atoms. The fourth-order valence-electron chi connectivity index (χ4n) is 5.83. The van der Waals surface area contributed by atoms with Crippen LogP contribution >= 0.6 is 0 Å². The van der Waals surface area contributed by atoms with Crippen LogP contribution in [-0.2, 0) is 0 Å². The first kappa shape index (κ1) is 39.6. The number of rotatable bonds is 10. The topological polar surface area (TPSA) is 222 Å². The first-order chi connectivity index (χ1) is 29.0. The highest BCUT2D eigenvalue weighted by Gasteiger charge is 2.10. The van der Waals surface area contributed by atoms with Crippen molar-refractivity contribution in [2.45, 2.75) is 0 Å². The van der Waals surface area contributed by atoms with Crippen molar-refractivity contribution in [1.29, 1.82) is 0 Å². The predicted octanol–water partition coefficient (Wildman–Crippen LogP) is 11.0. The van der Waals surface area contributed by atoms with E-state index < -0.39 is 0 Å². The maximum atomic E-state index is 9.68. The van der Waals surface area contributed by atoms with Crippen LogP contribution < -0.4 is 41.9 Å². The first-order valence-corrected chi connectivity index (χ1v) is 18.4. The average molecular weight is 801 g/mol. The molecule has 0 aliphatic heterocycles. The fraction of sp³-hybridized carbons (Fsp3) is 0. The summed E-state index contributed by atoms with van der Waals surface area (Å²) in [4.78, 5) is 0. The number of hydrogen-bond donors (Lipinski definition) is 8. The minimum Gasteiger partial charge on any atom is -0.506 e. The van der Waals surface area contributed by atoms with Crippen molar-refractivity contribution in [3.8, 4) is 91.2 Å². The van der Waals surface area contributed by atoms with Gasteiger partial charge in [0.2, 0.25) is 0 Å².